The van der Waals surface area contributed by atoms with Gasteiger partial charge in [0.2, 0.25) is 6.79 Å². The normalized spacial score (nSPS) is 12.6. The molecule has 0 unspecified atom stereocenters. The number of nitrogens with one attached hydrogen (secondary N) is 1. The molecule has 0 atom stereocenters. The molecule has 0 spiro atoms. The molecule has 2 heterocycles. The second-order valence-electron chi connectivity index (χ2n) is 5.63. The number of amides is 1. The molecule has 3 aromatic rings. The van der Waals surface area contributed by atoms with Gasteiger partial charge in [-0.25, -0.2) is 0 Å². The van der Waals surface area contributed by atoms with Crippen molar-refractivity contribution < 1.29 is 14.3 Å². The first-order valence-corrected chi connectivity index (χ1v) is 7.92. The number of hydrogen-bond donors (Lipinski definition) is 1. The first-order valence-electron chi connectivity index (χ1n) is 7.54. The lowest BCUT2D eigenvalue weighted by atomic mass is 10.2. The van der Waals surface area contributed by atoms with Crippen molar-refractivity contribution >= 4 is 28.4 Å². The molecule has 0 bridgehead atoms. The highest BCUT2D eigenvalue weighted by molar-refractivity contribution is 6.35. The standard InChI is InChI=1S/C18H15ClN2O3/c1-21-14-4-2-3-13(19)12(14)8-15(21)18(22)20-9-11-5-6-16-17(7-11)24-10-23-16/h2-8H,9-10H2,1H3,(H,20,22). The average Bonchev–Trinajstić information content (AvgIpc) is 3.18. The van der Waals surface area contributed by atoms with Gasteiger partial charge in [0, 0.05) is 29.5 Å². The lowest BCUT2D eigenvalue weighted by Crippen LogP contribution is -2.24. The highest BCUT2D eigenvalue weighted by Gasteiger charge is 2.16. The topological polar surface area (TPSA) is 52.5 Å². The number of carbonyl (C=O) groups is 1. The van der Waals surface area contributed by atoms with Crippen molar-refractivity contribution in [3.05, 3.63) is 58.7 Å². The maximum atomic E-state index is 12.5. The van der Waals surface area contributed by atoms with Crippen LogP contribution < -0.4 is 14.8 Å². The summed E-state index contributed by atoms with van der Waals surface area (Å²) in [5, 5.41) is 4.44. The zero-order valence-electron chi connectivity index (χ0n) is 13.0. The van der Waals surface area contributed by atoms with Gasteiger partial charge in [-0.1, -0.05) is 23.7 Å². The van der Waals surface area contributed by atoms with Gasteiger partial charge in [-0.05, 0) is 35.9 Å². The van der Waals surface area contributed by atoms with Crippen LogP contribution in [0.15, 0.2) is 42.5 Å². The third-order valence-electron chi connectivity index (χ3n) is 4.16. The zero-order chi connectivity index (χ0) is 16.7. The maximum absolute atomic E-state index is 12.5. The number of halogens is 1. The SMILES string of the molecule is Cn1c(C(=O)NCc2ccc3c(c2)OCO3)cc2c(Cl)cccc21. The molecule has 0 fully saturated rings. The summed E-state index contributed by atoms with van der Waals surface area (Å²) in [6.07, 6.45) is 0. The van der Waals surface area contributed by atoms with Gasteiger partial charge in [-0.2, -0.15) is 0 Å². The second-order valence-corrected chi connectivity index (χ2v) is 6.04. The maximum Gasteiger partial charge on any atom is 0.268 e. The van der Waals surface area contributed by atoms with Crippen LogP contribution in [-0.4, -0.2) is 17.3 Å². The lowest BCUT2D eigenvalue weighted by Gasteiger charge is -2.07. The molecule has 0 aliphatic carbocycles. The molecule has 0 saturated carbocycles. The molecule has 0 radical (unpaired) electrons. The number of nitrogens with zero attached hydrogens (tertiary/aromatic N) is 1. The molecule has 6 heteroatoms. The summed E-state index contributed by atoms with van der Waals surface area (Å²) in [4.78, 5) is 12.5. The van der Waals surface area contributed by atoms with Gasteiger partial charge in [-0.15, -0.1) is 0 Å². The monoisotopic (exact) mass is 342 g/mol. The third-order valence-corrected chi connectivity index (χ3v) is 4.49. The van der Waals surface area contributed by atoms with Crippen LogP contribution >= 0.6 is 11.6 Å². The number of benzene rings is 2. The Labute approximate surface area is 143 Å². The molecule has 24 heavy (non-hydrogen) atoms. The van der Waals surface area contributed by atoms with Crippen LogP contribution in [0.4, 0.5) is 0 Å². The number of hydrogen-bond acceptors (Lipinski definition) is 3. The Morgan fingerprint density at radius 2 is 2.04 bits per heavy atom. The zero-order valence-corrected chi connectivity index (χ0v) is 13.8. The Bertz CT molecular complexity index is 949. The molecule has 122 valence electrons. The van der Waals surface area contributed by atoms with E-state index in [1.807, 2.05) is 54.1 Å². The van der Waals surface area contributed by atoms with Crippen LogP contribution in [0.25, 0.3) is 10.9 Å². The fourth-order valence-corrected chi connectivity index (χ4v) is 3.09. The van der Waals surface area contributed by atoms with Crippen molar-refractivity contribution in [2.45, 2.75) is 6.54 Å². The predicted molar refractivity (Wildman–Crippen MR) is 91.7 cm³/mol. The third kappa shape index (κ3) is 2.47. The molecule has 1 aliphatic heterocycles. The van der Waals surface area contributed by atoms with E-state index in [9.17, 15) is 4.79 Å². The summed E-state index contributed by atoms with van der Waals surface area (Å²) in [5.41, 5.74) is 2.44. The van der Waals surface area contributed by atoms with E-state index < -0.39 is 0 Å². The molecule has 1 amide bonds. The van der Waals surface area contributed by atoms with Crippen LogP contribution in [0.5, 0.6) is 11.5 Å². The summed E-state index contributed by atoms with van der Waals surface area (Å²) in [6.45, 7) is 0.645. The highest BCUT2D eigenvalue weighted by Crippen LogP contribution is 2.32. The van der Waals surface area contributed by atoms with Crippen molar-refractivity contribution in [3.8, 4) is 11.5 Å². The minimum atomic E-state index is -0.151. The number of rotatable bonds is 3. The quantitative estimate of drug-likeness (QED) is 0.792. The molecule has 0 saturated heterocycles. The summed E-state index contributed by atoms with van der Waals surface area (Å²) in [6, 6.07) is 13.1. The van der Waals surface area contributed by atoms with Crippen LogP contribution in [-0.2, 0) is 13.6 Å². The van der Waals surface area contributed by atoms with E-state index in [4.69, 9.17) is 21.1 Å². The molecular weight excluding hydrogens is 328 g/mol. The average molecular weight is 343 g/mol. The van der Waals surface area contributed by atoms with Crippen molar-refractivity contribution in [1.29, 1.82) is 0 Å². The number of fused-ring (bicyclic) bond motifs is 2. The Morgan fingerprint density at radius 1 is 1.21 bits per heavy atom. The Morgan fingerprint density at radius 3 is 2.88 bits per heavy atom. The van der Waals surface area contributed by atoms with Crippen molar-refractivity contribution in [2.75, 3.05) is 6.79 Å². The van der Waals surface area contributed by atoms with Gasteiger partial charge in [0.05, 0.1) is 0 Å². The fourth-order valence-electron chi connectivity index (χ4n) is 2.87. The van der Waals surface area contributed by atoms with E-state index in [-0.39, 0.29) is 12.7 Å². The molecule has 4 rings (SSSR count). The molecule has 1 aliphatic rings. The van der Waals surface area contributed by atoms with E-state index in [1.165, 1.54) is 0 Å². The number of carbonyl (C=O) groups excluding carboxylic acids is 1. The summed E-state index contributed by atoms with van der Waals surface area (Å²) >= 11 is 6.20. The van der Waals surface area contributed by atoms with Gasteiger partial charge in [-0.3, -0.25) is 4.79 Å². The molecule has 1 N–H and O–H groups in total. The Hall–Kier alpha value is -2.66. The molecular formula is C18H15ClN2O3. The van der Waals surface area contributed by atoms with Crippen LogP contribution in [0.2, 0.25) is 5.02 Å². The van der Waals surface area contributed by atoms with Crippen LogP contribution in [0, 0.1) is 0 Å². The minimum absolute atomic E-state index is 0.151. The summed E-state index contributed by atoms with van der Waals surface area (Å²) in [7, 11) is 1.86. The molecule has 2 aromatic carbocycles. The Kier molecular flexibility index (Phi) is 3.58. The van der Waals surface area contributed by atoms with Gasteiger partial charge < -0.3 is 19.4 Å². The number of ether oxygens (including phenoxy) is 2. The molecule has 1 aromatic heterocycles. The summed E-state index contributed by atoms with van der Waals surface area (Å²) < 4.78 is 12.5. The van der Waals surface area contributed by atoms with Crippen LogP contribution in [0.3, 0.4) is 0 Å². The summed E-state index contributed by atoms with van der Waals surface area (Å²) in [5.74, 6) is 1.29. The van der Waals surface area contributed by atoms with Crippen molar-refractivity contribution in [2.24, 2.45) is 7.05 Å². The van der Waals surface area contributed by atoms with Gasteiger partial charge in [0.1, 0.15) is 5.69 Å². The predicted octanol–water partition coefficient (Wildman–Crippen LogP) is 3.49. The first kappa shape index (κ1) is 14.9. The van der Waals surface area contributed by atoms with Crippen molar-refractivity contribution in [3.63, 3.8) is 0 Å². The van der Waals surface area contributed by atoms with E-state index in [0.717, 1.165) is 22.2 Å². The van der Waals surface area contributed by atoms with Gasteiger partial charge in [0.15, 0.2) is 11.5 Å². The van der Waals surface area contributed by atoms with E-state index >= 15 is 0 Å². The second kappa shape index (κ2) is 5.76. The molecule has 5 nitrogen and oxygen atoms in total. The minimum Gasteiger partial charge on any atom is -0.454 e. The Balaban J connectivity index is 1.54. The number of aryl methyl sites for hydroxylation is 1. The van der Waals surface area contributed by atoms with E-state index in [1.54, 1.807) is 0 Å². The number of aromatic nitrogens is 1. The van der Waals surface area contributed by atoms with Gasteiger partial charge in [0.25, 0.3) is 5.91 Å². The lowest BCUT2D eigenvalue weighted by molar-refractivity contribution is 0.0943. The van der Waals surface area contributed by atoms with Crippen LogP contribution in [0.1, 0.15) is 16.1 Å². The first-order chi connectivity index (χ1) is 11.6. The van der Waals surface area contributed by atoms with Gasteiger partial charge >= 0.3 is 0 Å². The fraction of sp³-hybridized carbons (Fsp3) is 0.167. The highest BCUT2D eigenvalue weighted by atomic mass is 35.5. The van der Waals surface area contributed by atoms with E-state index in [2.05, 4.69) is 5.32 Å². The van der Waals surface area contributed by atoms with Crippen molar-refractivity contribution in [1.82, 2.24) is 9.88 Å². The smallest absolute Gasteiger partial charge is 0.268 e. The largest absolute Gasteiger partial charge is 0.454 e. The van der Waals surface area contributed by atoms with E-state index in [0.29, 0.717) is 23.0 Å².